The number of nitrogen functional groups attached to an aromatic ring is 1. The molecule has 2 N–H and O–H groups in total. The van der Waals surface area contributed by atoms with Gasteiger partial charge in [-0.15, -0.1) is 0 Å². The zero-order chi connectivity index (χ0) is 10.7. The first-order valence-corrected chi connectivity index (χ1v) is 4.54. The maximum Gasteiger partial charge on any atom is 0.253 e. The summed E-state index contributed by atoms with van der Waals surface area (Å²) in [6.45, 7) is 1.14. The highest BCUT2D eigenvalue weighted by Gasteiger charge is 1.97. The van der Waals surface area contributed by atoms with Crippen LogP contribution in [0.5, 0.6) is 0 Å². The van der Waals surface area contributed by atoms with Gasteiger partial charge >= 0.3 is 0 Å². The lowest BCUT2D eigenvalue weighted by Crippen LogP contribution is -2.21. The summed E-state index contributed by atoms with van der Waals surface area (Å²) in [5.74, 6) is 0. The van der Waals surface area contributed by atoms with E-state index in [2.05, 4.69) is 10.1 Å². The Balaban J connectivity index is 2.05. The van der Waals surface area contributed by atoms with Crippen molar-refractivity contribution < 1.29 is 0 Å². The lowest BCUT2D eigenvalue weighted by atomic mass is 10.5. The fourth-order valence-corrected chi connectivity index (χ4v) is 1.26. The van der Waals surface area contributed by atoms with Gasteiger partial charge in [-0.05, 0) is 0 Å². The summed E-state index contributed by atoms with van der Waals surface area (Å²) in [6.07, 6.45) is 6.29. The number of aryl methyl sites for hydroxylation is 2. The molecule has 2 heterocycles. The minimum atomic E-state index is -0.0647. The highest BCUT2D eigenvalue weighted by Crippen LogP contribution is 1.97. The lowest BCUT2D eigenvalue weighted by Gasteiger charge is -2.03. The standard InChI is InChI=1S/C9H11N5O/c10-8-5-12-14(6-8)4-3-13-7-11-2-1-9(13)15/h1-2,5-7H,3-4,10H2. The van der Waals surface area contributed by atoms with Crippen LogP contribution in [-0.2, 0) is 13.1 Å². The number of anilines is 1. The van der Waals surface area contributed by atoms with Crippen molar-refractivity contribution in [1.82, 2.24) is 19.3 Å². The fourth-order valence-electron chi connectivity index (χ4n) is 1.26. The van der Waals surface area contributed by atoms with E-state index in [9.17, 15) is 4.79 Å². The third kappa shape index (κ3) is 2.22. The van der Waals surface area contributed by atoms with Crippen molar-refractivity contribution in [3.63, 3.8) is 0 Å². The number of hydrogen-bond donors (Lipinski definition) is 1. The first-order chi connectivity index (χ1) is 7.25. The van der Waals surface area contributed by atoms with Crippen molar-refractivity contribution in [2.75, 3.05) is 5.73 Å². The van der Waals surface area contributed by atoms with E-state index in [-0.39, 0.29) is 5.56 Å². The molecule has 0 amide bonds. The minimum absolute atomic E-state index is 0.0647. The van der Waals surface area contributed by atoms with Crippen molar-refractivity contribution in [1.29, 1.82) is 0 Å². The van der Waals surface area contributed by atoms with Gasteiger partial charge in [0.05, 0.1) is 24.8 Å². The van der Waals surface area contributed by atoms with Gasteiger partial charge in [-0.2, -0.15) is 5.10 Å². The molecule has 0 saturated heterocycles. The number of nitrogens with zero attached hydrogens (tertiary/aromatic N) is 4. The topological polar surface area (TPSA) is 78.7 Å². The van der Waals surface area contributed by atoms with Gasteiger partial charge in [-0.1, -0.05) is 0 Å². The largest absolute Gasteiger partial charge is 0.396 e. The van der Waals surface area contributed by atoms with Crippen LogP contribution in [0.1, 0.15) is 0 Å². The number of hydrogen-bond acceptors (Lipinski definition) is 4. The van der Waals surface area contributed by atoms with E-state index in [0.29, 0.717) is 18.8 Å². The molecule has 6 heteroatoms. The monoisotopic (exact) mass is 205 g/mol. The smallest absolute Gasteiger partial charge is 0.253 e. The number of nitrogens with two attached hydrogens (primary N) is 1. The van der Waals surface area contributed by atoms with Crippen LogP contribution in [0.2, 0.25) is 0 Å². The summed E-state index contributed by atoms with van der Waals surface area (Å²) in [5, 5.41) is 4.02. The maximum atomic E-state index is 11.3. The van der Waals surface area contributed by atoms with Crippen molar-refractivity contribution in [3.8, 4) is 0 Å². The molecule has 0 bridgehead atoms. The van der Waals surface area contributed by atoms with Crippen molar-refractivity contribution in [2.45, 2.75) is 13.1 Å². The second kappa shape index (κ2) is 3.95. The van der Waals surface area contributed by atoms with E-state index in [4.69, 9.17) is 5.73 Å². The predicted octanol–water partition coefficient (Wildman–Crippen LogP) is -0.278. The molecule has 0 spiro atoms. The van der Waals surface area contributed by atoms with Gasteiger partial charge in [0.15, 0.2) is 0 Å². The number of aromatic nitrogens is 4. The quantitative estimate of drug-likeness (QED) is 0.747. The summed E-state index contributed by atoms with van der Waals surface area (Å²) in [4.78, 5) is 15.2. The zero-order valence-electron chi connectivity index (χ0n) is 8.08. The van der Waals surface area contributed by atoms with Crippen LogP contribution in [0.4, 0.5) is 5.69 Å². The molecule has 0 saturated carbocycles. The molecule has 78 valence electrons. The first kappa shape index (κ1) is 9.45. The second-order valence-corrected chi connectivity index (χ2v) is 3.15. The third-order valence-electron chi connectivity index (χ3n) is 2.02. The SMILES string of the molecule is Nc1cnn(CCn2cnccc2=O)c1. The van der Waals surface area contributed by atoms with Crippen LogP contribution in [0.15, 0.2) is 35.8 Å². The molecule has 0 unspecified atom stereocenters. The maximum absolute atomic E-state index is 11.3. The average molecular weight is 205 g/mol. The summed E-state index contributed by atoms with van der Waals surface area (Å²) in [6, 6.07) is 1.43. The summed E-state index contributed by atoms with van der Waals surface area (Å²) >= 11 is 0. The lowest BCUT2D eigenvalue weighted by molar-refractivity contribution is 0.519. The van der Waals surface area contributed by atoms with Crippen LogP contribution in [-0.4, -0.2) is 19.3 Å². The summed E-state index contributed by atoms with van der Waals surface area (Å²) in [7, 11) is 0. The van der Waals surface area contributed by atoms with Gasteiger partial charge in [0.2, 0.25) is 0 Å². The van der Waals surface area contributed by atoms with Crippen molar-refractivity contribution in [2.24, 2.45) is 0 Å². The Morgan fingerprint density at radius 1 is 1.40 bits per heavy atom. The Bertz CT molecular complexity index is 501. The molecular formula is C9H11N5O. The summed E-state index contributed by atoms with van der Waals surface area (Å²) < 4.78 is 3.21. The molecular weight excluding hydrogens is 194 g/mol. The molecule has 0 aromatic carbocycles. The van der Waals surface area contributed by atoms with Gasteiger partial charge in [0.25, 0.3) is 5.56 Å². The molecule has 15 heavy (non-hydrogen) atoms. The minimum Gasteiger partial charge on any atom is -0.396 e. The number of rotatable bonds is 3. The predicted molar refractivity (Wildman–Crippen MR) is 55.1 cm³/mol. The van der Waals surface area contributed by atoms with Gasteiger partial charge in [0, 0.05) is 25.0 Å². The van der Waals surface area contributed by atoms with Crippen LogP contribution >= 0.6 is 0 Å². The molecule has 0 radical (unpaired) electrons. The molecule has 0 fully saturated rings. The van der Waals surface area contributed by atoms with Crippen LogP contribution < -0.4 is 11.3 Å². The van der Waals surface area contributed by atoms with Crippen LogP contribution in [0.25, 0.3) is 0 Å². The van der Waals surface area contributed by atoms with E-state index < -0.39 is 0 Å². The van der Waals surface area contributed by atoms with E-state index >= 15 is 0 Å². The van der Waals surface area contributed by atoms with E-state index in [0.717, 1.165) is 0 Å². The molecule has 0 atom stereocenters. The third-order valence-corrected chi connectivity index (χ3v) is 2.02. The second-order valence-electron chi connectivity index (χ2n) is 3.15. The molecule has 0 aliphatic rings. The molecule has 2 rings (SSSR count). The Morgan fingerprint density at radius 3 is 2.93 bits per heavy atom. The highest BCUT2D eigenvalue weighted by atomic mass is 16.1. The Labute approximate surface area is 86.0 Å². The van der Waals surface area contributed by atoms with Crippen molar-refractivity contribution in [3.05, 3.63) is 41.3 Å². The average Bonchev–Trinajstić information content (AvgIpc) is 2.63. The van der Waals surface area contributed by atoms with Crippen LogP contribution in [0, 0.1) is 0 Å². The van der Waals surface area contributed by atoms with Gasteiger partial charge in [0.1, 0.15) is 0 Å². The van der Waals surface area contributed by atoms with Gasteiger partial charge < -0.3 is 5.73 Å². The zero-order valence-corrected chi connectivity index (χ0v) is 8.08. The van der Waals surface area contributed by atoms with Gasteiger partial charge in [-0.3, -0.25) is 14.0 Å². The first-order valence-electron chi connectivity index (χ1n) is 4.54. The Kier molecular flexibility index (Phi) is 2.49. The van der Waals surface area contributed by atoms with E-state index in [1.54, 1.807) is 17.1 Å². The Morgan fingerprint density at radius 2 is 2.27 bits per heavy atom. The molecule has 2 aromatic heterocycles. The Hall–Kier alpha value is -2.11. The van der Waals surface area contributed by atoms with Crippen LogP contribution in [0.3, 0.4) is 0 Å². The van der Waals surface area contributed by atoms with E-state index in [1.165, 1.54) is 23.2 Å². The highest BCUT2D eigenvalue weighted by molar-refractivity contribution is 5.30. The van der Waals surface area contributed by atoms with E-state index in [1.807, 2.05) is 0 Å². The van der Waals surface area contributed by atoms with Crippen molar-refractivity contribution >= 4 is 5.69 Å². The fraction of sp³-hybridized carbons (Fsp3) is 0.222. The summed E-state index contributed by atoms with van der Waals surface area (Å²) in [5.41, 5.74) is 6.07. The molecule has 2 aromatic rings. The molecule has 0 aliphatic carbocycles. The normalized spacial score (nSPS) is 10.4. The molecule has 6 nitrogen and oxygen atoms in total. The molecule has 0 aliphatic heterocycles. The van der Waals surface area contributed by atoms with Gasteiger partial charge in [-0.25, -0.2) is 4.98 Å².